The minimum Gasteiger partial charge on any atom is -0.497 e. The smallest absolute Gasteiger partial charge is 0.339 e. The third-order valence-electron chi connectivity index (χ3n) is 5.39. The summed E-state index contributed by atoms with van der Waals surface area (Å²) < 4.78 is 26.3. The van der Waals surface area contributed by atoms with Gasteiger partial charge in [0.25, 0.3) is 5.91 Å². The number of nitrogens with one attached hydrogen (secondary N) is 1. The fourth-order valence-electron chi connectivity index (χ4n) is 3.55. The van der Waals surface area contributed by atoms with Gasteiger partial charge in [0.2, 0.25) is 6.79 Å². The lowest BCUT2D eigenvalue weighted by Gasteiger charge is -2.14. The van der Waals surface area contributed by atoms with Gasteiger partial charge in [-0.1, -0.05) is 0 Å². The van der Waals surface area contributed by atoms with Gasteiger partial charge in [0.05, 0.1) is 7.11 Å². The van der Waals surface area contributed by atoms with Crippen molar-refractivity contribution in [1.82, 2.24) is 0 Å². The average molecular weight is 453 g/mol. The lowest BCUT2D eigenvalue weighted by molar-refractivity contribution is -0.153. The lowest BCUT2D eigenvalue weighted by Crippen LogP contribution is -2.30. The molecule has 1 amide bonds. The zero-order chi connectivity index (χ0) is 23.5. The molecule has 2 heterocycles. The Morgan fingerprint density at radius 1 is 1.12 bits per heavy atom. The number of hydrogen-bond donors (Lipinski definition) is 1. The SMILES string of the molecule is COc1ccc2c(C)c(CCC(=O)OC(C)C(=O)Nc3ccc4c(c3)OCO4)c(=O)oc2c1. The molecule has 1 aliphatic rings. The van der Waals surface area contributed by atoms with Gasteiger partial charge in [-0.25, -0.2) is 4.79 Å². The van der Waals surface area contributed by atoms with Gasteiger partial charge in [0.15, 0.2) is 17.6 Å². The van der Waals surface area contributed by atoms with E-state index in [1.165, 1.54) is 14.0 Å². The molecule has 9 heteroatoms. The Morgan fingerprint density at radius 2 is 1.91 bits per heavy atom. The molecule has 3 aromatic rings. The molecule has 1 aliphatic heterocycles. The molecule has 1 N–H and O–H groups in total. The molecule has 0 aliphatic carbocycles. The molecule has 172 valence electrons. The summed E-state index contributed by atoms with van der Waals surface area (Å²) >= 11 is 0. The molecule has 0 saturated carbocycles. The number of aryl methyl sites for hydroxylation is 1. The van der Waals surface area contributed by atoms with E-state index < -0.39 is 23.6 Å². The van der Waals surface area contributed by atoms with Gasteiger partial charge < -0.3 is 28.7 Å². The van der Waals surface area contributed by atoms with E-state index in [1.54, 1.807) is 43.3 Å². The zero-order valence-electron chi connectivity index (χ0n) is 18.4. The first kappa shape index (κ1) is 22.2. The van der Waals surface area contributed by atoms with Gasteiger partial charge in [0, 0.05) is 35.2 Å². The number of carbonyl (C=O) groups excluding carboxylic acids is 2. The number of hydrogen-bond acceptors (Lipinski definition) is 8. The first-order chi connectivity index (χ1) is 15.9. The average Bonchev–Trinajstić information content (AvgIpc) is 3.26. The Balaban J connectivity index is 1.36. The van der Waals surface area contributed by atoms with Gasteiger partial charge >= 0.3 is 11.6 Å². The minimum atomic E-state index is -1.02. The molecule has 4 rings (SSSR count). The van der Waals surface area contributed by atoms with Gasteiger partial charge in [0.1, 0.15) is 11.3 Å². The van der Waals surface area contributed by atoms with Crippen molar-refractivity contribution < 1.29 is 33.0 Å². The van der Waals surface area contributed by atoms with Crippen LogP contribution in [0, 0.1) is 6.92 Å². The van der Waals surface area contributed by atoms with E-state index in [2.05, 4.69) is 5.32 Å². The molecule has 0 saturated heterocycles. The standard InChI is InChI=1S/C24H23NO8/c1-13-17-6-5-16(29-3)11-20(17)33-24(28)18(13)7-9-22(26)32-14(2)23(27)25-15-4-8-19-21(10-15)31-12-30-19/h4-6,8,10-11,14H,7,9,12H2,1-3H3,(H,25,27). The van der Waals surface area contributed by atoms with Gasteiger partial charge in [-0.15, -0.1) is 0 Å². The molecule has 0 fully saturated rings. The van der Waals surface area contributed by atoms with Crippen molar-refractivity contribution in [2.75, 3.05) is 19.2 Å². The molecular formula is C24H23NO8. The Kier molecular flexibility index (Phi) is 6.21. The molecule has 2 aromatic carbocycles. The second-order valence-corrected chi connectivity index (χ2v) is 7.54. The van der Waals surface area contributed by atoms with Crippen molar-refractivity contribution in [1.29, 1.82) is 0 Å². The number of esters is 1. The number of amides is 1. The molecule has 0 spiro atoms. The Morgan fingerprint density at radius 3 is 2.70 bits per heavy atom. The monoisotopic (exact) mass is 453 g/mol. The van der Waals surface area contributed by atoms with E-state index >= 15 is 0 Å². The van der Waals surface area contributed by atoms with Crippen molar-refractivity contribution in [2.24, 2.45) is 0 Å². The number of methoxy groups -OCH3 is 1. The summed E-state index contributed by atoms with van der Waals surface area (Å²) in [6, 6.07) is 10.2. The predicted octanol–water partition coefficient (Wildman–Crippen LogP) is 3.34. The molecule has 9 nitrogen and oxygen atoms in total. The van der Waals surface area contributed by atoms with Crippen molar-refractivity contribution in [3.63, 3.8) is 0 Å². The highest BCUT2D eigenvalue weighted by molar-refractivity contribution is 5.95. The number of anilines is 1. The third kappa shape index (κ3) is 4.77. The molecule has 1 unspecified atom stereocenters. The Bertz CT molecular complexity index is 1280. The second-order valence-electron chi connectivity index (χ2n) is 7.54. The van der Waals surface area contributed by atoms with Crippen LogP contribution in [-0.4, -0.2) is 31.9 Å². The highest BCUT2D eigenvalue weighted by Gasteiger charge is 2.21. The van der Waals surface area contributed by atoms with Crippen LogP contribution in [0.1, 0.15) is 24.5 Å². The summed E-state index contributed by atoms with van der Waals surface area (Å²) in [5.41, 5.74) is 1.51. The van der Waals surface area contributed by atoms with Crippen molar-refractivity contribution in [2.45, 2.75) is 32.8 Å². The van der Waals surface area contributed by atoms with Crippen LogP contribution < -0.4 is 25.2 Å². The zero-order valence-corrected chi connectivity index (χ0v) is 18.4. The van der Waals surface area contributed by atoms with E-state index in [0.717, 1.165) is 10.9 Å². The van der Waals surface area contributed by atoms with E-state index in [0.29, 0.717) is 34.1 Å². The van der Waals surface area contributed by atoms with Crippen LogP contribution in [0.3, 0.4) is 0 Å². The Hall–Kier alpha value is -4.01. The first-order valence-corrected chi connectivity index (χ1v) is 10.4. The Labute approximate surface area is 189 Å². The largest absolute Gasteiger partial charge is 0.497 e. The van der Waals surface area contributed by atoms with Crippen LogP contribution in [0.4, 0.5) is 5.69 Å². The fraction of sp³-hybridized carbons (Fsp3) is 0.292. The van der Waals surface area contributed by atoms with Gasteiger partial charge in [-0.2, -0.15) is 0 Å². The topological polar surface area (TPSA) is 113 Å². The molecule has 1 atom stereocenters. The first-order valence-electron chi connectivity index (χ1n) is 10.4. The van der Waals surface area contributed by atoms with Gasteiger partial charge in [-0.05, 0) is 50.1 Å². The van der Waals surface area contributed by atoms with Crippen LogP contribution in [-0.2, 0) is 20.7 Å². The van der Waals surface area contributed by atoms with Gasteiger partial charge in [-0.3, -0.25) is 9.59 Å². The summed E-state index contributed by atoms with van der Waals surface area (Å²) in [5, 5.41) is 3.43. The van der Waals surface area contributed by atoms with E-state index in [9.17, 15) is 14.4 Å². The molecule has 0 radical (unpaired) electrons. The maximum atomic E-state index is 12.4. The minimum absolute atomic E-state index is 0.0745. The normalized spacial score (nSPS) is 12.9. The van der Waals surface area contributed by atoms with E-state index in [1.807, 2.05) is 0 Å². The van der Waals surface area contributed by atoms with Crippen LogP contribution in [0.5, 0.6) is 17.2 Å². The predicted molar refractivity (Wildman–Crippen MR) is 119 cm³/mol. The second kappa shape index (κ2) is 9.23. The number of rotatable bonds is 7. The molecule has 1 aromatic heterocycles. The summed E-state index contributed by atoms with van der Waals surface area (Å²) in [4.78, 5) is 37.2. The summed E-state index contributed by atoms with van der Waals surface area (Å²) in [6.07, 6.45) is -0.968. The third-order valence-corrected chi connectivity index (χ3v) is 5.39. The number of ether oxygens (including phenoxy) is 4. The van der Waals surface area contributed by atoms with Crippen LogP contribution >= 0.6 is 0 Å². The summed E-state index contributed by atoms with van der Waals surface area (Å²) in [7, 11) is 1.53. The highest BCUT2D eigenvalue weighted by Crippen LogP contribution is 2.34. The van der Waals surface area contributed by atoms with E-state index in [4.69, 9.17) is 23.4 Å². The van der Waals surface area contributed by atoms with Crippen molar-refractivity contribution in [3.8, 4) is 17.2 Å². The molecule has 0 bridgehead atoms. The lowest BCUT2D eigenvalue weighted by atomic mass is 10.0. The van der Waals surface area contributed by atoms with Crippen molar-refractivity contribution >= 4 is 28.5 Å². The summed E-state index contributed by atoms with van der Waals surface area (Å²) in [5.74, 6) is 0.615. The fourth-order valence-corrected chi connectivity index (χ4v) is 3.55. The maximum Gasteiger partial charge on any atom is 0.339 e. The molecule has 33 heavy (non-hydrogen) atoms. The highest BCUT2D eigenvalue weighted by atomic mass is 16.7. The number of carbonyl (C=O) groups is 2. The van der Waals surface area contributed by atoms with E-state index in [-0.39, 0.29) is 19.6 Å². The number of benzene rings is 2. The quantitative estimate of drug-likeness (QED) is 0.428. The molecular weight excluding hydrogens is 430 g/mol. The maximum absolute atomic E-state index is 12.4. The summed E-state index contributed by atoms with van der Waals surface area (Å²) in [6.45, 7) is 3.40. The van der Waals surface area contributed by atoms with Crippen LogP contribution in [0.2, 0.25) is 0 Å². The number of fused-ring (bicyclic) bond motifs is 2. The van der Waals surface area contributed by atoms with Crippen molar-refractivity contribution in [3.05, 3.63) is 57.9 Å². The van der Waals surface area contributed by atoms with Crippen LogP contribution in [0.25, 0.3) is 11.0 Å². The van der Waals surface area contributed by atoms with Crippen LogP contribution in [0.15, 0.2) is 45.6 Å².